The predicted octanol–water partition coefficient (Wildman–Crippen LogP) is 4.28. The van der Waals surface area contributed by atoms with Gasteiger partial charge in [-0.25, -0.2) is 0 Å². The average Bonchev–Trinajstić information content (AvgIpc) is 2.45. The highest BCUT2D eigenvalue weighted by atomic mass is 16.4. The van der Waals surface area contributed by atoms with Gasteiger partial charge in [0, 0.05) is 19.4 Å². The van der Waals surface area contributed by atoms with Gasteiger partial charge >= 0.3 is 5.97 Å². The van der Waals surface area contributed by atoms with Crippen LogP contribution in [0, 0.1) is 0 Å². The third-order valence-electron chi connectivity index (χ3n) is 3.65. The van der Waals surface area contributed by atoms with Gasteiger partial charge in [-0.05, 0) is 12.8 Å². The van der Waals surface area contributed by atoms with E-state index in [9.17, 15) is 9.59 Å². The first-order valence-electron chi connectivity index (χ1n) is 8.65. The number of amides is 1. The number of hydrogen-bond donors (Lipinski definition) is 2. The smallest absolute Gasteiger partial charge is 0.303 e. The lowest BCUT2D eigenvalue weighted by molar-refractivity contribution is -0.137. The summed E-state index contributed by atoms with van der Waals surface area (Å²) in [6.07, 6.45) is 13.9. The van der Waals surface area contributed by atoms with E-state index >= 15 is 0 Å². The van der Waals surface area contributed by atoms with Gasteiger partial charge in [-0.15, -0.1) is 0 Å². The average molecular weight is 299 g/mol. The van der Waals surface area contributed by atoms with Gasteiger partial charge in [-0.1, -0.05) is 64.7 Å². The molecule has 0 saturated heterocycles. The van der Waals surface area contributed by atoms with E-state index in [0.29, 0.717) is 19.4 Å². The highest BCUT2D eigenvalue weighted by Crippen LogP contribution is 2.11. The van der Waals surface area contributed by atoms with Crippen LogP contribution in [0.1, 0.15) is 90.4 Å². The molecule has 0 bridgehead atoms. The molecule has 0 aliphatic heterocycles. The largest absolute Gasteiger partial charge is 0.481 e. The molecule has 124 valence electrons. The molecule has 0 heterocycles. The number of carboxylic acid groups (broad SMARTS) is 1. The van der Waals surface area contributed by atoms with Gasteiger partial charge in [0.05, 0.1) is 0 Å². The fraction of sp³-hybridized carbons (Fsp3) is 0.882. The first-order valence-corrected chi connectivity index (χ1v) is 8.65. The highest BCUT2D eigenvalue weighted by molar-refractivity contribution is 5.75. The van der Waals surface area contributed by atoms with E-state index in [1.807, 2.05) is 0 Å². The monoisotopic (exact) mass is 299 g/mol. The topological polar surface area (TPSA) is 66.4 Å². The van der Waals surface area contributed by atoms with Crippen LogP contribution < -0.4 is 5.32 Å². The molecule has 0 rings (SSSR count). The number of hydrogen-bond acceptors (Lipinski definition) is 2. The van der Waals surface area contributed by atoms with E-state index in [-0.39, 0.29) is 12.3 Å². The Kier molecular flexibility index (Phi) is 14.6. The van der Waals surface area contributed by atoms with Gasteiger partial charge < -0.3 is 10.4 Å². The van der Waals surface area contributed by atoms with Crippen LogP contribution in [-0.4, -0.2) is 23.5 Å². The van der Waals surface area contributed by atoms with E-state index < -0.39 is 5.97 Å². The summed E-state index contributed by atoms with van der Waals surface area (Å²) in [5, 5.41) is 11.2. The Morgan fingerprint density at radius 2 is 1.29 bits per heavy atom. The molecule has 0 aromatic heterocycles. The molecule has 0 saturated carbocycles. The van der Waals surface area contributed by atoms with E-state index in [1.54, 1.807) is 0 Å². The number of unbranched alkanes of at least 4 members (excludes halogenated alkanes) is 9. The van der Waals surface area contributed by atoms with Gasteiger partial charge in [0.2, 0.25) is 5.91 Å². The molecule has 1 amide bonds. The molecule has 4 nitrogen and oxygen atoms in total. The molecule has 4 heteroatoms. The molecular weight excluding hydrogens is 266 g/mol. The van der Waals surface area contributed by atoms with E-state index in [2.05, 4.69) is 12.2 Å². The van der Waals surface area contributed by atoms with Crippen molar-refractivity contribution in [1.29, 1.82) is 0 Å². The summed E-state index contributed by atoms with van der Waals surface area (Å²) in [4.78, 5) is 21.8. The molecule has 2 N–H and O–H groups in total. The van der Waals surface area contributed by atoms with E-state index in [0.717, 1.165) is 12.8 Å². The molecule has 21 heavy (non-hydrogen) atoms. The van der Waals surface area contributed by atoms with Gasteiger partial charge in [-0.2, -0.15) is 0 Å². The van der Waals surface area contributed by atoms with E-state index in [1.165, 1.54) is 51.4 Å². The second-order valence-electron chi connectivity index (χ2n) is 5.78. The lowest BCUT2D eigenvalue weighted by Gasteiger charge is -2.04. The Morgan fingerprint density at radius 1 is 0.762 bits per heavy atom. The first kappa shape index (κ1) is 19.9. The Morgan fingerprint density at radius 3 is 1.81 bits per heavy atom. The van der Waals surface area contributed by atoms with E-state index in [4.69, 9.17) is 5.11 Å². The predicted molar refractivity (Wildman–Crippen MR) is 86.3 cm³/mol. The van der Waals surface area contributed by atoms with Crippen molar-refractivity contribution in [2.45, 2.75) is 90.4 Å². The molecule has 0 aromatic carbocycles. The van der Waals surface area contributed by atoms with Crippen molar-refractivity contribution in [2.75, 3.05) is 6.54 Å². The van der Waals surface area contributed by atoms with Crippen molar-refractivity contribution < 1.29 is 14.7 Å². The summed E-state index contributed by atoms with van der Waals surface area (Å²) in [6.45, 7) is 2.71. The van der Waals surface area contributed by atoms with Crippen LogP contribution in [-0.2, 0) is 9.59 Å². The third kappa shape index (κ3) is 16.9. The summed E-state index contributed by atoms with van der Waals surface area (Å²) < 4.78 is 0. The molecule has 0 aromatic rings. The van der Waals surface area contributed by atoms with Gasteiger partial charge in [0.15, 0.2) is 0 Å². The maximum atomic E-state index is 11.5. The van der Waals surface area contributed by atoms with Crippen LogP contribution in [0.15, 0.2) is 0 Å². The second-order valence-corrected chi connectivity index (χ2v) is 5.78. The lowest BCUT2D eigenvalue weighted by Crippen LogP contribution is -2.24. The molecule has 0 fully saturated rings. The molecule has 0 atom stereocenters. The summed E-state index contributed by atoms with van der Waals surface area (Å²) in [7, 11) is 0. The molecule has 0 aliphatic rings. The number of aliphatic carboxylic acids is 1. The number of rotatable bonds is 15. The molecule has 0 spiro atoms. The zero-order chi connectivity index (χ0) is 15.8. The summed E-state index contributed by atoms with van der Waals surface area (Å²) in [6, 6.07) is 0. The second kappa shape index (κ2) is 15.3. The van der Waals surface area contributed by atoms with Crippen LogP contribution in [0.5, 0.6) is 0 Å². The van der Waals surface area contributed by atoms with Gasteiger partial charge in [-0.3, -0.25) is 9.59 Å². The number of carboxylic acids is 1. The minimum Gasteiger partial charge on any atom is -0.481 e. The third-order valence-corrected chi connectivity index (χ3v) is 3.65. The van der Waals surface area contributed by atoms with Crippen LogP contribution >= 0.6 is 0 Å². The molecule has 0 unspecified atom stereocenters. The zero-order valence-electron chi connectivity index (χ0n) is 13.7. The normalized spacial score (nSPS) is 10.5. The standard InChI is InChI=1S/C17H33NO3/c1-2-3-4-5-6-7-8-9-10-11-13-16(19)18-15-12-14-17(20)21/h2-15H2,1H3,(H,18,19)(H,20,21). The molecular formula is C17H33NO3. The number of carbonyl (C=O) groups is 2. The Labute approximate surface area is 129 Å². The highest BCUT2D eigenvalue weighted by Gasteiger charge is 2.01. The number of nitrogens with one attached hydrogen (secondary N) is 1. The summed E-state index contributed by atoms with van der Waals surface area (Å²) in [5.74, 6) is -0.751. The van der Waals surface area contributed by atoms with Crippen molar-refractivity contribution in [2.24, 2.45) is 0 Å². The molecule has 0 aliphatic carbocycles. The van der Waals surface area contributed by atoms with Crippen molar-refractivity contribution >= 4 is 11.9 Å². The minimum absolute atomic E-state index is 0.0555. The first-order chi connectivity index (χ1) is 10.2. The quantitative estimate of drug-likeness (QED) is 0.444. The Balaban J connectivity index is 3.16. The maximum absolute atomic E-state index is 11.5. The number of carbonyl (C=O) groups excluding carboxylic acids is 1. The minimum atomic E-state index is -0.807. The lowest BCUT2D eigenvalue weighted by atomic mass is 10.1. The maximum Gasteiger partial charge on any atom is 0.303 e. The van der Waals surface area contributed by atoms with Crippen molar-refractivity contribution in [3.05, 3.63) is 0 Å². The Bertz CT molecular complexity index is 267. The Hall–Kier alpha value is -1.06. The van der Waals surface area contributed by atoms with Crippen molar-refractivity contribution in [3.63, 3.8) is 0 Å². The van der Waals surface area contributed by atoms with Crippen LogP contribution in [0.3, 0.4) is 0 Å². The van der Waals surface area contributed by atoms with Crippen LogP contribution in [0.2, 0.25) is 0 Å². The van der Waals surface area contributed by atoms with Crippen LogP contribution in [0.4, 0.5) is 0 Å². The SMILES string of the molecule is CCCCCCCCCCCCC(=O)NCCCC(=O)O. The fourth-order valence-electron chi connectivity index (χ4n) is 2.33. The van der Waals surface area contributed by atoms with Crippen molar-refractivity contribution in [3.8, 4) is 0 Å². The summed E-state index contributed by atoms with van der Waals surface area (Å²) >= 11 is 0. The van der Waals surface area contributed by atoms with Crippen LogP contribution in [0.25, 0.3) is 0 Å². The molecule has 0 radical (unpaired) electrons. The van der Waals surface area contributed by atoms with Gasteiger partial charge in [0.1, 0.15) is 0 Å². The van der Waals surface area contributed by atoms with Crippen molar-refractivity contribution in [1.82, 2.24) is 5.32 Å². The zero-order valence-corrected chi connectivity index (χ0v) is 13.7. The fourth-order valence-corrected chi connectivity index (χ4v) is 2.33. The summed E-state index contributed by atoms with van der Waals surface area (Å²) in [5.41, 5.74) is 0. The van der Waals surface area contributed by atoms with Gasteiger partial charge in [0.25, 0.3) is 0 Å².